The van der Waals surface area contributed by atoms with Crippen LogP contribution in [0.2, 0.25) is 0 Å². The lowest BCUT2D eigenvalue weighted by molar-refractivity contribution is 0.917. The van der Waals surface area contributed by atoms with Gasteiger partial charge in [-0.05, 0) is 103 Å². The molecule has 6 N–H and O–H groups in total. The molecule has 41 heavy (non-hydrogen) atoms. The van der Waals surface area contributed by atoms with E-state index in [2.05, 4.69) is 125 Å². The lowest BCUT2D eigenvalue weighted by Gasteiger charge is -2.27. The molecular formula is C35H32N6. The molecule has 202 valence electrons. The number of anilines is 2. The molecule has 6 heteroatoms. The van der Waals surface area contributed by atoms with Gasteiger partial charge >= 0.3 is 0 Å². The molecular weight excluding hydrogens is 504 g/mol. The van der Waals surface area contributed by atoms with E-state index in [9.17, 15) is 0 Å². The summed E-state index contributed by atoms with van der Waals surface area (Å²) < 4.78 is 0. The summed E-state index contributed by atoms with van der Waals surface area (Å²) in [6.07, 6.45) is 34.6. The van der Waals surface area contributed by atoms with E-state index in [4.69, 9.17) is 0 Å². The zero-order valence-electron chi connectivity index (χ0n) is 23.1. The number of allylic oxidation sites excluding steroid dienone is 14. The molecule has 0 fully saturated rings. The van der Waals surface area contributed by atoms with E-state index >= 15 is 0 Å². The fraction of sp³-hybridized carbons (Fsp3) is 0.0857. The SMILES string of the molecule is CC1=CC(=C2C=C(CC3=CC(=C4C=C(C)C=CN4)NC(C4=CC=c5ccc6c(c5N4)NC=CC=6)=C3)C=CN2)NC=C1. The summed E-state index contributed by atoms with van der Waals surface area (Å²) in [7, 11) is 0. The second kappa shape index (κ2) is 10.3. The Morgan fingerprint density at radius 3 is 1.93 bits per heavy atom. The highest BCUT2D eigenvalue weighted by Gasteiger charge is 2.20. The number of nitrogens with one attached hydrogen (secondary N) is 6. The quantitative estimate of drug-likeness (QED) is 0.331. The molecule has 0 aromatic heterocycles. The predicted octanol–water partition coefficient (Wildman–Crippen LogP) is 4.89. The molecule has 7 rings (SSSR count). The van der Waals surface area contributed by atoms with Crippen molar-refractivity contribution in [3.05, 3.63) is 165 Å². The molecule has 0 unspecified atom stereocenters. The molecule has 0 saturated heterocycles. The molecule has 0 amide bonds. The lowest BCUT2D eigenvalue weighted by atomic mass is 9.96. The van der Waals surface area contributed by atoms with Crippen molar-refractivity contribution >= 4 is 23.5 Å². The summed E-state index contributed by atoms with van der Waals surface area (Å²) in [6.45, 7) is 4.23. The largest absolute Gasteiger partial charge is 0.360 e. The van der Waals surface area contributed by atoms with Gasteiger partial charge in [0.1, 0.15) is 0 Å². The van der Waals surface area contributed by atoms with Gasteiger partial charge in [0.05, 0.1) is 45.6 Å². The average Bonchev–Trinajstić information content (AvgIpc) is 3.01. The number of fused-ring (bicyclic) bond motifs is 3. The van der Waals surface area contributed by atoms with E-state index in [-0.39, 0.29) is 0 Å². The van der Waals surface area contributed by atoms with Crippen molar-refractivity contribution < 1.29 is 0 Å². The first-order valence-electron chi connectivity index (χ1n) is 13.9. The highest BCUT2D eigenvalue weighted by molar-refractivity contribution is 5.80. The van der Waals surface area contributed by atoms with Crippen LogP contribution in [0.3, 0.4) is 0 Å². The van der Waals surface area contributed by atoms with Gasteiger partial charge in [0.2, 0.25) is 0 Å². The highest BCUT2D eigenvalue weighted by atomic mass is 15.0. The molecule has 6 heterocycles. The maximum atomic E-state index is 3.72. The number of hydrogen-bond acceptors (Lipinski definition) is 6. The van der Waals surface area contributed by atoms with Crippen LogP contribution < -0.4 is 42.3 Å². The molecule has 0 radical (unpaired) electrons. The Morgan fingerprint density at radius 1 is 0.512 bits per heavy atom. The van der Waals surface area contributed by atoms with Crippen molar-refractivity contribution in [2.24, 2.45) is 0 Å². The molecule has 1 aromatic rings. The molecule has 0 saturated carbocycles. The third-order valence-electron chi connectivity index (χ3n) is 7.55. The molecule has 0 bridgehead atoms. The zero-order valence-corrected chi connectivity index (χ0v) is 23.1. The van der Waals surface area contributed by atoms with Gasteiger partial charge in [-0.15, -0.1) is 0 Å². The van der Waals surface area contributed by atoms with Crippen LogP contribution in [0.1, 0.15) is 20.3 Å². The van der Waals surface area contributed by atoms with E-state index in [0.29, 0.717) is 0 Å². The van der Waals surface area contributed by atoms with E-state index < -0.39 is 0 Å². The van der Waals surface area contributed by atoms with Crippen LogP contribution in [-0.2, 0) is 0 Å². The van der Waals surface area contributed by atoms with Gasteiger partial charge in [-0.25, -0.2) is 0 Å². The first-order chi connectivity index (χ1) is 20.1. The molecule has 1 aromatic carbocycles. The maximum absolute atomic E-state index is 3.72. The van der Waals surface area contributed by atoms with Crippen LogP contribution >= 0.6 is 0 Å². The van der Waals surface area contributed by atoms with Gasteiger partial charge in [0, 0.05) is 35.2 Å². The Hall–Kier alpha value is -5.36. The molecule has 0 atom stereocenters. The monoisotopic (exact) mass is 536 g/mol. The van der Waals surface area contributed by atoms with E-state index in [0.717, 1.165) is 57.2 Å². The number of hydrogen-bond donors (Lipinski definition) is 6. The van der Waals surface area contributed by atoms with Gasteiger partial charge in [0.15, 0.2) is 0 Å². The Bertz CT molecular complexity index is 1860. The minimum Gasteiger partial charge on any atom is -0.360 e. The zero-order chi connectivity index (χ0) is 27.8. The second-order valence-electron chi connectivity index (χ2n) is 10.7. The Labute approximate surface area is 240 Å². The molecule has 6 nitrogen and oxygen atoms in total. The molecule has 6 aliphatic rings. The summed E-state index contributed by atoms with van der Waals surface area (Å²) in [6, 6.07) is 4.31. The standard InChI is InChI=1S/C35H32N6/c1-22-9-13-36-29(16-22)31-19-24(11-15-38-31)18-25-20-32(40-33(21-25)30-17-23(2)10-14-37-30)28-8-7-27-6-5-26-4-3-12-39-34(26)35(27)41-28/h3-17,19-21,36-41H,18H2,1-2H3. The average molecular weight is 537 g/mol. The summed E-state index contributed by atoms with van der Waals surface area (Å²) in [5.74, 6) is 0. The van der Waals surface area contributed by atoms with Crippen LogP contribution in [0.5, 0.6) is 0 Å². The van der Waals surface area contributed by atoms with Crippen LogP contribution in [0.25, 0.3) is 12.2 Å². The van der Waals surface area contributed by atoms with E-state index in [1.165, 1.54) is 27.5 Å². The van der Waals surface area contributed by atoms with Gasteiger partial charge in [-0.1, -0.05) is 24.3 Å². The first kappa shape index (κ1) is 24.7. The van der Waals surface area contributed by atoms with Crippen molar-refractivity contribution in [1.82, 2.24) is 21.3 Å². The summed E-state index contributed by atoms with van der Waals surface area (Å²) in [5, 5.41) is 23.4. The summed E-state index contributed by atoms with van der Waals surface area (Å²) in [4.78, 5) is 0. The third-order valence-corrected chi connectivity index (χ3v) is 7.55. The van der Waals surface area contributed by atoms with Crippen molar-refractivity contribution in [2.75, 3.05) is 10.6 Å². The van der Waals surface area contributed by atoms with Crippen LogP contribution in [0, 0.1) is 0 Å². The second-order valence-corrected chi connectivity index (χ2v) is 10.7. The highest BCUT2D eigenvalue weighted by Crippen LogP contribution is 2.29. The van der Waals surface area contributed by atoms with Crippen LogP contribution in [-0.4, -0.2) is 0 Å². The first-order valence-corrected chi connectivity index (χ1v) is 13.9. The van der Waals surface area contributed by atoms with E-state index in [1.807, 2.05) is 30.9 Å². The number of benzene rings is 1. The normalized spacial score (nSPS) is 23.5. The lowest BCUT2D eigenvalue weighted by Crippen LogP contribution is -2.28. The van der Waals surface area contributed by atoms with Gasteiger partial charge in [0.25, 0.3) is 0 Å². The smallest absolute Gasteiger partial charge is 0.0703 e. The minimum atomic E-state index is 0.790. The Kier molecular flexibility index (Phi) is 6.21. The number of rotatable bonds is 3. The maximum Gasteiger partial charge on any atom is 0.0703 e. The minimum absolute atomic E-state index is 0.790. The fourth-order valence-electron chi connectivity index (χ4n) is 5.50. The molecule has 0 spiro atoms. The number of dihydropyridines is 4. The summed E-state index contributed by atoms with van der Waals surface area (Å²) in [5.41, 5.74) is 13.3. The van der Waals surface area contributed by atoms with Crippen LogP contribution in [0.4, 0.5) is 11.4 Å². The Balaban J connectivity index is 1.25. The van der Waals surface area contributed by atoms with Gasteiger partial charge in [-0.3, -0.25) is 0 Å². The van der Waals surface area contributed by atoms with Crippen LogP contribution in [0.15, 0.2) is 154 Å². The Morgan fingerprint density at radius 2 is 1.17 bits per heavy atom. The molecule has 6 aliphatic heterocycles. The van der Waals surface area contributed by atoms with Crippen molar-refractivity contribution in [2.45, 2.75) is 20.3 Å². The topological polar surface area (TPSA) is 72.2 Å². The van der Waals surface area contributed by atoms with Crippen molar-refractivity contribution in [3.63, 3.8) is 0 Å². The van der Waals surface area contributed by atoms with Crippen molar-refractivity contribution in [1.29, 1.82) is 0 Å². The van der Waals surface area contributed by atoms with Gasteiger partial charge in [-0.2, -0.15) is 0 Å². The third kappa shape index (κ3) is 5.03. The summed E-state index contributed by atoms with van der Waals surface area (Å²) >= 11 is 0. The molecule has 0 aliphatic carbocycles. The van der Waals surface area contributed by atoms with Gasteiger partial charge < -0.3 is 31.9 Å². The predicted molar refractivity (Wildman–Crippen MR) is 169 cm³/mol. The van der Waals surface area contributed by atoms with E-state index in [1.54, 1.807) is 0 Å². The fourth-order valence-corrected chi connectivity index (χ4v) is 5.50. The van der Waals surface area contributed by atoms with Crippen molar-refractivity contribution in [3.8, 4) is 0 Å².